The summed E-state index contributed by atoms with van der Waals surface area (Å²) < 4.78 is 69.4. The second kappa shape index (κ2) is 6.62. The number of pyridine rings is 1. The van der Waals surface area contributed by atoms with Crippen molar-refractivity contribution in [3.8, 4) is 0 Å². The minimum absolute atomic E-state index is 0.0165. The summed E-state index contributed by atoms with van der Waals surface area (Å²) in [7, 11) is -2.73. The highest BCUT2D eigenvalue weighted by Gasteiger charge is 2.35. The monoisotopic (exact) mass is 422 g/mol. The molecular weight excluding hydrogens is 405 g/mol. The lowest BCUT2D eigenvalue weighted by Gasteiger charge is -2.30. The molecule has 0 atom stereocenters. The van der Waals surface area contributed by atoms with Gasteiger partial charge in [-0.15, -0.1) is 0 Å². The van der Waals surface area contributed by atoms with Crippen LogP contribution < -0.4 is 9.86 Å². The summed E-state index contributed by atoms with van der Waals surface area (Å²) in [6.45, 7) is 0.247. The second-order valence-electron chi connectivity index (χ2n) is 6.94. The smallest absolute Gasteiger partial charge is 0.311 e. The maximum absolute atomic E-state index is 13.5. The molecule has 0 amide bonds. The Morgan fingerprint density at radius 2 is 1.76 bits per heavy atom. The van der Waals surface area contributed by atoms with Gasteiger partial charge in [-0.05, 0) is 42.7 Å². The first-order chi connectivity index (χ1) is 13.6. The number of alkyl halides is 3. The van der Waals surface area contributed by atoms with Crippen LogP contribution in [0.3, 0.4) is 0 Å². The van der Waals surface area contributed by atoms with Gasteiger partial charge in [0.05, 0.1) is 21.7 Å². The maximum Gasteiger partial charge on any atom is 0.417 e. The highest BCUT2D eigenvalue weighted by Crippen LogP contribution is 2.36. The molecule has 0 unspecified atom stereocenters. The number of rotatable bonds is 2. The predicted molar refractivity (Wildman–Crippen MR) is 103 cm³/mol. The number of benzene rings is 2. The van der Waals surface area contributed by atoms with Gasteiger partial charge in [0.15, 0.2) is 0 Å². The molecule has 29 heavy (non-hydrogen) atoms. The van der Waals surface area contributed by atoms with Gasteiger partial charge in [0.2, 0.25) is 0 Å². The van der Waals surface area contributed by atoms with Crippen molar-refractivity contribution >= 4 is 26.6 Å². The number of anilines is 1. The predicted octanol–water partition coefficient (Wildman–Crippen LogP) is 3.70. The van der Waals surface area contributed by atoms with E-state index >= 15 is 0 Å². The van der Waals surface area contributed by atoms with Gasteiger partial charge in [-0.1, -0.05) is 18.2 Å². The molecule has 0 spiro atoms. The summed E-state index contributed by atoms with van der Waals surface area (Å²) in [5.74, 6) is 0. The van der Waals surface area contributed by atoms with Crippen molar-refractivity contribution in [2.75, 3.05) is 10.8 Å². The summed E-state index contributed by atoms with van der Waals surface area (Å²) in [5.41, 5.74) is -0.531. The van der Waals surface area contributed by atoms with E-state index < -0.39 is 27.3 Å². The van der Waals surface area contributed by atoms with Crippen molar-refractivity contribution in [1.29, 1.82) is 0 Å². The van der Waals surface area contributed by atoms with Crippen LogP contribution in [-0.2, 0) is 29.7 Å². The highest BCUT2D eigenvalue weighted by molar-refractivity contribution is 7.92. The van der Waals surface area contributed by atoms with Crippen molar-refractivity contribution < 1.29 is 21.6 Å². The molecule has 152 valence electrons. The summed E-state index contributed by atoms with van der Waals surface area (Å²) in [6, 6.07) is 11.1. The second-order valence-corrected chi connectivity index (χ2v) is 8.80. The quantitative estimate of drug-likeness (QED) is 0.633. The largest absolute Gasteiger partial charge is 0.417 e. The minimum Gasteiger partial charge on any atom is -0.311 e. The van der Waals surface area contributed by atoms with Gasteiger partial charge in [-0.2, -0.15) is 13.2 Å². The third kappa shape index (κ3) is 3.19. The Kier molecular flexibility index (Phi) is 4.45. The van der Waals surface area contributed by atoms with Crippen LogP contribution in [0.5, 0.6) is 0 Å². The Hall–Kier alpha value is -2.81. The molecule has 2 heterocycles. The molecule has 4 rings (SSSR count). The molecule has 0 aliphatic carbocycles. The summed E-state index contributed by atoms with van der Waals surface area (Å²) in [6.07, 6.45) is -3.43. The van der Waals surface area contributed by atoms with Gasteiger partial charge < -0.3 is 4.57 Å². The Morgan fingerprint density at radius 1 is 1.03 bits per heavy atom. The number of hydrogen-bond donors (Lipinski definition) is 0. The number of nitrogens with zero attached hydrogens (tertiary/aromatic N) is 2. The number of aromatic nitrogens is 1. The number of halogens is 3. The number of aryl methyl sites for hydroxylation is 2. The average Bonchev–Trinajstić information content (AvgIpc) is 2.69. The number of hydrogen-bond acceptors (Lipinski definition) is 3. The molecule has 0 fully saturated rings. The van der Waals surface area contributed by atoms with Crippen molar-refractivity contribution in [3.05, 3.63) is 70.0 Å². The van der Waals surface area contributed by atoms with Crippen LogP contribution in [0.4, 0.5) is 18.9 Å². The van der Waals surface area contributed by atoms with E-state index in [0.717, 1.165) is 22.6 Å². The summed E-state index contributed by atoms with van der Waals surface area (Å²) in [4.78, 5) is 11.7. The van der Waals surface area contributed by atoms with Crippen molar-refractivity contribution in [2.45, 2.75) is 23.9 Å². The van der Waals surface area contributed by atoms with E-state index in [-0.39, 0.29) is 22.3 Å². The molecule has 1 aromatic heterocycles. The molecule has 0 radical (unpaired) electrons. The lowest BCUT2D eigenvalue weighted by Crippen LogP contribution is -2.35. The zero-order chi connectivity index (χ0) is 21.0. The number of sulfonamides is 1. The zero-order valence-corrected chi connectivity index (χ0v) is 16.2. The molecule has 0 saturated carbocycles. The zero-order valence-electron chi connectivity index (χ0n) is 15.4. The first kappa shape index (κ1) is 19.5. The Bertz CT molecular complexity index is 1280. The summed E-state index contributed by atoms with van der Waals surface area (Å²) >= 11 is 0. The molecule has 9 heteroatoms. The van der Waals surface area contributed by atoms with Crippen molar-refractivity contribution in [3.63, 3.8) is 0 Å². The Labute approximate surface area is 165 Å². The standard InChI is InChI=1S/C20H17F3N2O3S/c1-24-18-9-8-14(11-15(18)16(12-19(24)26)20(21,22)23)29(27,28)25-10-4-6-13-5-2-3-7-17(13)25/h2-3,5,7-9,11-12H,4,6,10H2,1H3. The van der Waals surface area contributed by atoms with Crippen LogP contribution >= 0.6 is 0 Å². The SMILES string of the molecule is Cn1c(=O)cc(C(F)(F)F)c2cc(S(=O)(=O)N3CCCc4ccccc43)ccc21. The number of fused-ring (bicyclic) bond motifs is 2. The van der Waals surface area contributed by atoms with Crippen LogP contribution in [0.25, 0.3) is 10.9 Å². The van der Waals surface area contributed by atoms with Gasteiger partial charge in [0.1, 0.15) is 0 Å². The normalized spacial score (nSPS) is 14.8. The van der Waals surface area contributed by atoms with Crippen LogP contribution in [0, 0.1) is 0 Å². The van der Waals surface area contributed by atoms with E-state index in [2.05, 4.69) is 0 Å². The van der Waals surface area contributed by atoms with Crippen molar-refractivity contribution in [1.82, 2.24) is 4.57 Å². The van der Waals surface area contributed by atoms with Crippen LogP contribution in [0.1, 0.15) is 17.5 Å². The van der Waals surface area contributed by atoms with E-state index in [1.54, 1.807) is 12.1 Å². The molecule has 0 bridgehead atoms. The molecule has 1 aliphatic rings. The Morgan fingerprint density at radius 3 is 2.48 bits per heavy atom. The fraction of sp³-hybridized carbons (Fsp3) is 0.250. The van der Waals surface area contributed by atoms with E-state index in [9.17, 15) is 26.4 Å². The maximum atomic E-state index is 13.5. The van der Waals surface area contributed by atoms with Crippen LogP contribution in [-0.4, -0.2) is 19.5 Å². The van der Waals surface area contributed by atoms with Crippen LogP contribution in [0.2, 0.25) is 0 Å². The van der Waals surface area contributed by atoms with E-state index in [0.29, 0.717) is 18.2 Å². The number of para-hydroxylation sites is 1. The molecular formula is C20H17F3N2O3S. The first-order valence-electron chi connectivity index (χ1n) is 8.92. The van der Waals surface area contributed by atoms with Gasteiger partial charge in [-0.3, -0.25) is 9.10 Å². The third-order valence-electron chi connectivity index (χ3n) is 5.18. The highest BCUT2D eigenvalue weighted by atomic mass is 32.2. The van der Waals surface area contributed by atoms with Gasteiger partial charge in [0.25, 0.3) is 15.6 Å². The van der Waals surface area contributed by atoms with Crippen LogP contribution in [0.15, 0.2) is 58.2 Å². The van der Waals surface area contributed by atoms with Gasteiger partial charge in [0, 0.05) is 25.0 Å². The van der Waals surface area contributed by atoms with Crippen molar-refractivity contribution in [2.24, 2.45) is 7.05 Å². The molecule has 0 N–H and O–H groups in total. The molecule has 2 aromatic carbocycles. The average molecular weight is 422 g/mol. The lowest BCUT2D eigenvalue weighted by atomic mass is 10.0. The fourth-order valence-electron chi connectivity index (χ4n) is 3.71. The van der Waals surface area contributed by atoms with Gasteiger partial charge in [-0.25, -0.2) is 8.42 Å². The lowest BCUT2D eigenvalue weighted by molar-refractivity contribution is -0.136. The summed E-state index contributed by atoms with van der Waals surface area (Å²) in [5, 5.41) is -0.328. The molecule has 3 aromatic rings. The fourth-order valence-corrected chi connectivity index (χ4v) is 5.28. The van der Waals surface area contributed by atoms with E-state index in [4.69, 9.17) is 0 Å². The molecule has 5 nitrogen and oxygen atoms in total. The van der Waals surface area contributed by atoms with E-state index in [1.807, 2.05) is 12.1 Å². The first-order valence-corrected chi connectivity index (χ1v) is 10.4. The minimum atomic E-state index is -4.79. The molecule has 0 saturated heterocycles. The van der Waals surface area contributed by atoms with Gasteiger partial charge >= 0.3 is 6.18 Å². The van der Waals surface area contributed by atoms with E-state index in [1.165, 1.54) is 23.5 Å². The molecule has 1 aliphatic heterocycles. The topological polar surface area (TPSA) is 59.4 Å². The Balaban J connectivity index is 1.93. The third-order valence-corrected chi connectivity index (χ3v) is 6.99.